The number of nitrogens with one attached hydrogen (secondary N) is 1. The van der Waals surface area contributed by atoms with E-state index in [-0.39, 0.29) is 19.3 Å². The van der Waals surface area contributed by atoms with Gasteiger partial charge in [-0.05, 0) is 12.0 Å². The summed E-state index contributed by atoms with van der Waals surface area (Å²) in [5.41, 5.74) is 1.29. The number of anilines is 2. The molecule has 1 saturated heterocycles. The Kier molecular flexibility index (Phi) is 6.76. The Morgan fingerprint density at radius 3 is 2.69 bits per heavy atom. The van der Waals surface area contributed by atoms with Crippen molar-refractivity contribution in [1.82, 2.24) is 14.9 Å². The van der Waals surface area contributed by atoms with Gasteiger partial charge in [-0.3, -0.25) is 4.90 Å². The first-order valence-electron chi connectivity index (χ1n) is 9.10. The van der Waals surface area contributed by atoms with E-state index in [4.69, 9.17) is 5.11 Å². The van der Waals surface area contributed by atoms with Gasteiger partial charge in [-0.1, -0.05) is 30.3 Å². The third-order valence-electron chi connectivity index (χ3n) is 4.69. The molecule has 1 atom stereocenters. The Morgan fingerprint density at radius 2 is 1.92 bits per heavy atom. The Bertz CT molecular complexity index is 670. The fourth-order valence-electron chi connectivity index (χ4n) is 3.35. The first kappa shape index (κ1) is 18.6. The molecule has 0 aliphatic carbocycles. The van der Waals surface area contributed by atoms with Crippen LogP contribution in [0.2, 0.25) is 0 Å². The fraction of sp³-hybridized carbons (Fsp3) is 0.474. The molecule has 1 aliphatic rings. The number of aromatic nitrogens is 2. The Hall–Kier alpha value is -2.22. The molecule has 2 heterocycles. The monoisotopic (exact) mass is 357 g/mol. The molecular formula is C19H27N5O2. The van der Waals surface area contributed by atoms with Crippen molar-refractivity contribution in [1.29, 1.82) is 0 Å². The average molecular weight is 357 g/mol. The van der Waals surface area contributed by atoms with Gasteiger partial charge in [0.2, 0.25) is 0 Å². The van der Waals surface area contributed by atoms with Crippen LogP contribution >= 0.6 is 0 Å². The number of piperazine rings is 1. The van der Waals surface area contributed by atoms with E-state index in [1.54, 1.807) is 6.33 Å². The number of rotatable bonds is 8. The summed E-state index contributed by atoms with van der Waals surface area (Å²) >= 11 is 0. The molecule has 140 valence electrons. The Labute approximate surface area is 154 Å². The summed E-state index contributed by atoms with van der Waals surface area (Å²) in [6.45, 7) is 4.23. The molecule has 1 aromatic carbocycles. The summed E-state index contributed by atoms with van der Waals surface area (Å²) in [5, 5.41) is 21.5. The lowest BCUT2D eigenvalue weighted by molar-refractivity contribution is 0.135. The van der Waals surface area contributed by atoms with Crippen molar-refractivity contribution in [2.75, 3.05) is 49.6 Å². The lowest BCUT2D eigenvalue weighted by Crippen LogP contribution is -2.53. The summed E-state index contributed by atoms with van der Waals surface area (Å²) in [6, 6.07) is 12.6. The van der Waals surface area contributed by atoms with Gasteiger partial charge < -0.3 is 20.4 Å². The van der Waals surface area contributed by atoms with Gasteiger partial charge in [0.1, 0.15) is 18.0 Å². The van der Waals surface area contributed by atoms with E-state index in [1.165, 1.54) is 5.56 Å². The van der Waals surface area contributed by atoms with Gasteiger partial charge in [0.15, 0.2) is 0 Å². The van der Waals surface area contributed by atoms with Crippen molar-refractivity contribution in [3.63, 3.8) is 0 Å². The summed E-state index contributed by atoms with van der Waals surface area (Å²) in [5.74, 6) is 1.59. The van der Waals surface area contributed by atoms with Gasteiger partial charge in [-0.15, -0.1) is 0 Å². The molecular weight excluding hydrogens is 330 g/mol. The molecule has 3 N–H and O–H groups in total. The molecule has 0 saturated carbocycles. The van der Waals surface area contributed by atoms with Crippen LogP contribution < -0.4 is 10.2 Å². The minimum Gasteiger partial charge on any atom is -0.396 e. The van der Waals surface area contributed by atoms with Crippen LogP contribution in [0.5, 0.6) is 0 Å². The number of hydrogen-bond acceptors (Lipinski definition) is 7. The van der Waals surface area contributed by atoms with E-state index in [2.05, 4.69) is 49.4 Å². The highest BCUT2D eigenvalue weighted by Gasteiger charge is 2.27. The summed E-state index contributed by atoms with van der Waals surface area (Å²) < 4.78 is 0. The van der Waals surface area contributed by atoms with Crippen molar-refractivity contribution in [3.05, 3.63) is 48.3 Å². The number of aliphatic hydroxyl groups is 2. The second-order valence-corrected chi connectivity index (χ2v) is 6.48. The molecule has 7 heteroatoms. The normalized spacial score (nSPS) is 18.1. The molecule has 2 aromatic rings. The van der Waals surface area contributed by atoms with Gasteiger partial charge >= 0.3 is 0 Å². The molecule has 0 radical (unpaired) electrons. The number of hydrogen-bond donors (Lipinski definition) is 3. The van der Waals surface area contributed by atoms with Crippen LogP contribution in [-0.2, 0) is 6.54 Å². The van der Waals surface area contributed by atoms with Crippen LogP contribution in [-0.4, -0.2) is 70.5 Å². The van der Waals surface area contributed by atoms with E-state index >= 15 is 0 Å². The molecule has 3 rings (SSSR count). The van der Waals surface area contributed by atoms with Gasteiger partial charge in [-0.2, -0.15) is 0 Å². The maximum atomic E-state index is 9.50. The minimum atomic E-state index is 0.0655. The minimum absolute atomic E-state index is 0.0655. The van der Waals surface area contributed by atoms with E-state index in [0.29, 0.717) is 6.54 Å². The standard InChI is InChI=1S/C19H27N5O2/c25-10-6-17-14-24(19-12-18(20-7-11-26)21-15-22-19)9-8-23(17)13-16-4-2-1-3-5-16/h1-5,12,15,17,25-26H,6-11,13-14H2,(H,20,21,22)/t17-/m1/s1. The highest BCUT2D eigenvalue weighted by Crippen LogP contribution is 2.22. The average Bonchev–Trinajstić information content (AvgIpc) is 2.69. The summed E-state index contributed by atoms with van der Waals surface area (Å²) in [7, 11) is 0. The maximum Gasteiger partial charge on any atom is 0.134 e. The second kappa shape index (κ2) is 9.47. The highest BCUT2D eigenvalue weighted by atomic mass is 16.3. The molecule has 0 amide bonds. The predicted molar refractivity (Wildman–Crippen MR) is 102 cm³/mol. The van der Waals surface area contributed by atoms with Gasteiger partial charge in [0.05, 0.1) is 6.61 Å². The largest absolute Gasteiger partial charge is 0.396 e. The van der Waals surface area contributed by atoms with Crippen molar-refractivity contribution in [2.45, 2.75) is 19.0 Å². The van der Waals surface area contributed by atoms with Crippen molar-refractivity contribution >= 4 is 11.6 Å². The van der Waals surface area contributed by atoms with E-state index < -0.39 is 0 Å². The maximum absolute atomic E-state index is 9.50. The fourth-order valence-corrected chi connectivity index (χ4v) is 3.35. The van der Waals surface area contributed by atoms with Gasteiger partial charge in [0.25, 0.3) is 0 Å². The van der Waals surface area contributed by atoms with E-state index in [0.717, 1.165) is 44.2 Å². The second-order valence-electron chi connectivity index (χ2n) is 6.48. The van der Waals surface area contributed by atoms with Gasteiger partial charge in [0, 0.05) is 51.4 Å². The van der Waals surface area contributed by atoms with E-state index in [9.17, 15) is 5.11 Å². The lowest BCUT2D eigenvalue weighted by Gasteiger charge is -2.42. The SMILES string of the molecule is OCCNc1cc(N2CCN(Cc3ccccc3)[C@H](CCO)C2)ncn1. The molecule has 26 heavy (non-hydrogen) atoms. The zero-order chi connectivity index (χ0) is 18.2. The Morgan fingerprint density at radius 1 is 1.08 bits per heavy atom. The summed E-state index contributed by atoms with van der Waals surface area (Å²) in [6.07, 6.45) is 2.29. The molecule has 0 spiro atoms. The van der Waals surface area contributed by atoms with Crippen molar-refractivity contribution in [3.8, 4) is 0 Å². The quantitative estimate of drug-likeness (QED) is 0.649. The molecule has 1 fully saturated rings. The zero-order valence-corrected chi connectivity index (χ0v) is 15.0. The van der Waals surface area contributed by atoms with E-state index in [1.807, 2.05) is 12.1 Å². The number of nitrogens with zero attached hydrogens (tertiary/aromatic N) is 4. The van der Waals surface area contributed by atoms with Gasteiger partial charge in [-0.25, -0.2) is 9.97 Å². The van der Waals surface area contributed by atoms with Crippen molar-refractivity contribution in [2.24, 2.45) is 0 Å². The third-order valence-corrected chi connectivity index (χ3v) is 4.69. The summed E-state index contributed by atoms with van der Waals surface area (Å²) in [4.78, 5) is 13.3. The Balaban J connectivity index is 1.67. The predicted octanol–water partition coefficient (Wildman–Crippen LogP) is 0.954. The van der Waals surface area contributed by atoms with Crippen LogP contribution in [0.25, 0.3) is 0 Å². The third kappa shape index (κ3) is 4.91. The number of benzene rings is 1. The van der Waals surface area contributed by atoms with Crippen LogP contribution in [0.1, 0.15) is 12.0 Å². The lowest BCUT2D eigenvalue weighted by atomic mass is 10.1. The molecule has 7 nitrogen and oxygen atoms in total. The topological polar surface area (TPSA) is 84.8 Å². The van der Waals surface area contributed by atoms with Crippen LogP contribution in [0, 0.1) is 0 Å². The highest BCUT2D eigenvalue weighted by molar-refractivity contribution is 5.49. The molecule has 0 bridgehead atoms. The zero-order valence-electron chi connectivity index (χ0n) is 15.0. The molecule has 1 aromatic heterocycles. The molecule has 1 aliphatic heterocycles. The first-order valence-corrected chi connectivity index (χ1v) is 9.10. The molecule has 0 unspecified atom stereocenters. The van der Waals surface area contributed by atoms with Crippen molar-refractivity contribution < 1.29 is 10.2 Å². The number of aliphatic hydroxyl groups excluding tert-OH is 2. The van der Waals surface area contributed by atoms with Crippen LogP contribution in [0.15, 0.2) is 42.7 Å². The van der Waals surface area contributed by atoms with Crippen LogP contribution in [0.4, 0.5) is 11.6 Å². The van der Waals surface area contributed by atoms with Crippen LogP contribution in [0.3, 0.4) is 0 Å². The smallest absolute Gasteiger partial charge is 0.134 e. The first-order chi connectivity index (χ1) is 12.8.